The number of carboxylic acids is 1. The summed E-state index contributed by atoms with van der Waals surface area (Å²) in [7, 11) is -2.42. The van der Waals surface area contributed by atoms with E-state index in [2.05, 4.69) is 25.7 Å². The minimum absolute atomic E-state index is 0. The molecule has 0 spiro atoms. The molecular formula is C3H5BBrLiO8. The quantitative estimate of drug-likeness (QED) is 0.148. The Morgan fingerprint density at radius 3 is 2.00 bits per heavy atom. The van der Waals surface area contributed by atoms with E-state index in [0.717, 1.165) is 0 Å². The molecule has 76 valence electrons. The average molecular weight is 267 g/mol. The molecule has 0 aromatic carbocycles. The molecule has 0 aliphatic carbocycles. The molecule has 11 heteroatoms. The van der Waals surface area contributed by atoms with Gasteiger partial charge in [0.25, 0.3) is 0 Å². The molecule has 0 fully saturated rings. The average Bonchev–Trinajstić information content (AvgIpc) is 1.98. The number of aliphatic carboxylic acids is 1. The van der Waals surface area contributed by atoms with Gasteiger partial charge in [0, 0.05) is 0 Å². The predicted octanol–water partition coefficient (Wildman–Crippen LogP) is -5.78. The second-order valence-corrected chi connectivity index (χ2v) is 1.69. The van der Waals surface area contributed by atoms with Crippen LogP contribution in [0.3, 0.4) is 0 Å². The van der Waals surface area contributed by atoms with Crippen LogP contribution < -0.4 is 23.9 Å². The zero-order valence-corrected chi connectivity index (χ0v) is 8.63. The molecule has 0 saturated carbocycles. The maximum atomic E-state index is 9.93. The van der Waals surface area contributed by atoms with Crippen LogP contribution in [0.4, 0.5) is 0 Å². The zero-order chi connectivity index (χ0) is 10.9. The van der Waals surface area contributed by atoms with Gasteiger partial charge in [0.15, 0.2) is 0 Å². The van der Waals surface area contributed by atoms with Crippen LogP contribution in [0, 0.1) is 0 Å². The molecule has 0 rings (SSSR count). The Labute approximate surface area is 99.2 Å². The molecule has 0 amide bonds. The van der Waals surface area contributed by atoms with E-state index in [1.165, 1.54) is 0 Å². The number of alkyl halides is 1. The summed E-state index contributed by atoms with van der Waals surface area (Å²) in [5, 5.41) is 30.6. The van der Waals surface area contributed by atoms with E-state index >= 15 is 0 Å². The summed E-state index contributed by atoms with van der Waals surface area (Å²) in [6.07, 6.45) is 0. The van der Waals surface area contributed by atoms with Gasteiger partial charge in [-0.05, 0) is 0 Å². The molecule has 0 aromatic rings. The van der Waals surface area contributed by atoms with Crippen LogP contribution in [-0.4, -0.2) is 39.9 Å². The van der Waals surface area contributed by atoms with Gasteiger partial charge in [-0.15, -0.1) is 0 Å². The summed E-state index contributed by atoms with van der Waals surface area (Å²) in [5.74, 6) is -3.12. The Balaban J connectivity index is -0.000000209. The number of halogens is 1. The summed E-state index contributed by atoms with van der Waals surface area (Å²) in [6, 6.07) is 0. The predicted molar refractivity (Wildman–Crippen MR) is 38.8 cm³/mol. The Morgan fingerprint density at radius 2 is 1.79 bits per heavy atom. The minimum atomic E-state index is -2.42. The summed E-state index contributed by atoms with van der Waals surface area (Å²) >= 11 is 2.73. The zero-order valence-electron chi connectivity index (χ0n) is 7.05. The first-order chi connectivity index (χ1) is 5.91. The van der Waals surface area contributed by atoms with Gasteiger partial charge in [0.2, 0.25) is 0 Å². The Kier molecular flexibility index (Phi) is 18.0. The third kappa shape index (κ3) is 22.7. The van der Waals surface area contributed by atoms with E-state index in [1.54, 1.807) is 0 Å². The van der Waals surface area contributed by atoms with Crippen molar-refractivity contribution < 1.29 is 58.4 Å². The molecule has 0 bridgehead atoms. The fraction of sp³-hybridized carbons (Fsp3) is 0.333. The molecule has 0 heterocycles. The van der Waals surface area contributed by atoms with E-state index in [0.29, 0.717) is 0 Å². The maximum Gasteiger partial charge on any atom is 1.00 e. The Hall–Kier alpha value is -0.0777. The van der Waals surface area contributed by atoms with E-state index in [4.69, 9.17) is 20.2 Å². The van der Waals surface area contributed by atoms with Gasteiger partial charge in [-0.1, -0.05) is 15.9 Å². The first kappa shape index (κ1) is 19.5. The van der Waals surface area contributed by atoms with Gasteiger partial charge >= 0.3 is 38.1 Å². The summed E-state index contributed by atoms with van der Waals surface area (Å²) in [6.45, 7) is 0. The molecule has 3 N–H and O–H groups in total. The molecule has 14 heavy (non-hydrogen) atoms. The van der Waals surface area contributed by atoms with Crippen LogP contribution in [-0.2, 0) is 19.4 Å². The number of carboxylic acid groups (broad SMARTS) is 1. The van der Waals surface area contributed by atoms with Crippen LogP contribution in [0.5, 0.6) is 0 Å². The van der Waals surface area contributed by atoms with Crippen molar-refractivity contribution in [2.75, 3.05) is 5.52 Å². The third-order valence-electron chi connectivity index (χ3n) is 0.354. The van der Waals surface area contributed by atoms with Crippen LogP contribution in [0.25, 0.3) is 0 Å². The van der Waals surface area contributed by atoms with Gasteiger partial charge in [-0.25, -0.2) is 9.59 Å². The number of hydrogen-bond acceptors (Lipinski definition) is 7. The molecule has 0 saturated heterocycles. The van der Waals surface area contributed by atoms with Crippen molar-refractivity contribution in [3.8, 4) is 0 Å². The summed E-state index contributed by atoms with van der Waals surface area (Å²) < 4.78 is 0. The monoisotopic (exact) mass is 266 g/mol. The number of hydrogen-bond donors (Lipinski definition) is 3. The van der Waals surface area contributed by atoms with Crippen molar-refractivity contribution in [1.29, 1.82) is 0 Å². The topological polar surface area (TPSA) is 136 Å². The van der Waals surface area contributed by atoms with Crippen LogP contribution in [0.2, 0.25) is 0 Å². The van der Waals surface area contributed by atoms with Gasteiger partial charge in [-0.3, -0.25) is 4.89 Å². The maximum absolute atomic E-state index is 9.93. The largest absolute Gasteiger partial charge is 1.00 e. The van der Waals surface area contributed by atoms with Crippen LogP contribution in [0.1, 0.15) is 0 Å². The van der Waals surface area contributed by atoms with Crippen LogP contribution >= 0.6 is 15.9 Å². The molecular weight excluding hydrogens is 262 g/mol. The van der Waals surface area contributed by atoms with Gasteiger partial charge < -0.3 is 20.2 Å². The summed E-state index contributed by atoms with van der Waals surface area (Å²) in [5.41, 5.74) is -0.0496. The number of carbonyl (C=O) groups excluding carboxylic acids is 1. The fourth-order valence-electron chi connectivity index (χ4n) is 0.111. The normalized spacial score (nSPS) is 7.43. The van der Waals surface area contributed by atoms with E-state index in [1.807, 2.05) is 0 Å². The van der Waals surface area contributed by atoms with Crippen LogP contribution in [0.15, 0.2) is 0 Å². The van der Waals surface area contributed by atoms with Crippen molar-refractivity contribution in [2.24, 2.45) is 0 Å². The van der Waals surface area contributed by atoms with Gasteiger partial charge in [0.1, 0.15) is 5.52 Å². The third-order valence-corrected chi connectivity index (χ3v) is 0.541. The number of carbonyl (C=O) groups is 2. The van der Waals surface area contributed by atoms with Crippen molar-refractivity contribution in [3.05, 3.63) is 0 Å². The van der Waals surface area contributed by atoms with E-state index < -0.39 is 19.3 Å². The Bertz CT molecular complexity index is 162. The number of rotatable bonds is 2. The second kappa shape index (κ2) is 12.9. The van der Waals surface area contributed by atoms with E-state index in [-0.39, 0.29) is 24.4 Å². The molecule has 0 aliphatic heterocycles. The second-order valence-electron chi connectivity index (χ2n) is 1.23. The minimum Gasteiger partial charge on any atom is -0.832 e. The molecule has 8 nitrogen and oxygen atoms in total. The van der Waals surface area contributed by atoms with Crippen molar-refractivity contribution in [2.45, 2.75) is 0 Å². The summed E-state index contributed by atoms with van der Waals surface area (Å²) in [4.78, 5) is 27.2. The molecule has 0 atom stereocenters. The van der Waals surface area contributed by atoms with Gasteiger partial charge in [0.05, 0.1) is 0 Å². The Morgan fingerprint density at radius 1 is 1.43 bits per heavy atom. The molecule has 0 aromatic heterocycles. The first-order valence-electron chi connectivity index (χ1n) is 2.56. The van der Waals surface area contributed by atoms with Crippen molar-refractivity contribution in [1.82, 2.24) is 0 Å². The molecule has 0 unspecified atom stereocenters. The standard InChI is InChI=1S/C3H3BrO5.BH2O3.Li/c4-1-8-9-3(7)2(5)6;2-1(3)4;/h1H2,(H,5,6);2-3H;/q;-1;+1. The van der Waals surface area contributed by atoms with Gasteiger partial charge in [-0.2, -0.15) is 4.89 Å². The molecule has 0 aliphatic rings. The van der Waals surface area contributed by atoms with E-state index in [9.17, 15) is 9.59 Å². The van der Waals surface area contributed by atoms with Crippen molar-refractivity contribution >= 4 is 35.2 Å². The van der Waals surface area contributed by atoms with Crippen molar-refractivity contribution in [3.63, 3.8) is 0 Å². The first-order valence-corrected chi connectivity index (χ1v) is 3.68. The smallest absolute Gasteiger partial charge is 0.832 e. The fourth-order valence-corrected chi connectivity index (χ4v) is 0.205. The SMILES string of the molecule is O=C(O)C(=O)OOCBr.[Li+].[O-]B(O)O. The molecule has 0 radical (unpaired) electrons.